The Morgan fingerprint density at radius 1 is 1.14 bits per heavy atom. The fourth-order valence-electron chi connectivity index (χ4n) is 5.04. The third-order valence-corrected chi connectivity index (χ3v) is 6.95. The van der Waals surface area contributed by atoms with E-state index in [1.807, 2.05) is 15.2 Å². The monoisotopic (exact) mass is 493 g/mol. The van der Waals surface area contributed by atoms with Gasteiger partial charge >= 0.3 is 5.91 Å². The van der Waals surface area contributed by atoms with Gasteiger partial charge < -0.3 is 14.2 Å². The van der Waals surface area contributed by atoms with Gasteiger partial charge in [0, 0.05) is 37.9 Å². The molecule has 4 heterocycles. The van der Waals surface area contributed by atoms with Gasteiger partial charge in [-0.15, -0.1) is 10.2 Å². The predicted octanol–water partition coefficient (Wildman–Crippen LogP) is 1.06. The van der Waals surface area contributed by atoms with Gasteiger partial charge in [0.2, 0.25) is 11.8 Å². The first kappa shape index (κ1) is 23.8. The van der Waals surface area contributed by atoms with Gasteiger partial charge in [-0.25, -0.2) is 4.79 Å². The quantitative estimate of drug-likeness (QED) is 0.430. The fraction of sp³-hybridized carbons (Fsp3) is 0.480. The number of imide groups is 1. The van der Waals surface area contributed by atoms with Crippen molar-refractivity contribution in [3.8, 4) is 5.75 Å². The zero-order chi connectivity index (χ0) is 25.1. The van der Waals surface area contributed by atoms with E-state index >= 15 is 0 Å². The minimum atomic E-state index is -0.644. The topological polar surface area (TPSA) is 126 Å². The molecule has 1 aromatic heterocycles. The number of carbonyl (C=O) groups is 4. The average Bonchev–Trinajstić information content (AvgIpc) is 3.51. The lowest BCUT2D eigenvalue weighted by atomic mass is 10.0. The molecular weight excluding hydrogens is 464 g/mol. The standard InChI is InChI=1S/C25H28N6O5/c32-22-9-8-21(24(34)28-22)31-13-17-12-19(6-7-20(17)25(31)35)36-14-18-4-1-2-11-30(18)23(33)5-3-10-29-15-26-27-16-29/h6-7,12,15-16,21H,1-5,8-11,13-14H2/p+1. The van der Waals surface area contributed by atoms with Crippen molar-refractivity contribution in [2.24, 2.45) is 0 Å². The number of hydrogen-bond donors (Lipinski definition) is 1. The number of aryl methyl sites for hydroxylation is 1. The number of aromatic nitrogens is 3. The van der Waals surface area contributed by atoms with Crippen molar-refractivity contribution in [3.05, 3.63) is 42.0 Å². The summed E-state index contributed by atoms with van der Waals surface area (Å²) in [5.74, 6) is -0.232. The second-order valence-electron chi connectivity index (χ2n) is 9.38. The van der Waals surface area contributed by atoms with E-state index in [-0.39, 0.29) is 24.1 Å². The molecule has 1 unspecified atom stereocenters. The van der Waals surface area contributed by atoms with E-state index in [4.69, 9.17) is 4.74 Å². The summed E-state index contributed by atoms with van der Waals surface area (Å²) in [7, 11) is 0. The molecule has 0 saturated carbocycles. The van der Waals surface area contributed by atoms with Crippen molar-refractivity contribution >= 4 is 29.3 Å². The Balaban J connectivity index is 1.21. The number of piperidine rings is 1. The molecule has 4 amide bonds. The highest BCUT2D eigenvalue weighted by molar-refractivity contribution is 6.05. The molecule has 36 heavy (non-hydrogen) atoms. The molecule has 1 saturated heterocycles. The van der Waals surface area contributed by atoms with Crippen molar-refractivity contribution in [2.75, 3.05) is 13.2 Å². The van der Waals surface area contributed by atoms with E-state index < -0.39 is 11.9 Å². The lowest BCUT2D eigenvalue weighted by molar-refractivity contribution is -0.456. The molecule has 188 valence electrons. The van der Waals surface area contributed by atoms with Crippen molar-refractivity contribution in [1.29, 1.82) is 0 Å². The van der Waals surface area contributed by atoms with E-state index in [0.29, 0.717) is 56.8 Å². The molecule has 1 atom stereocenters. The fourth-order valence-corrected chi connectivity index (χ4v) is 5.04. The van der Waals surface area contributed by atoms with Gasteiger partial charge in [-0.2, -0.15) is 4.58 Å². The van der Waals surface area contributed by atoms with Crippen LogP contribution in [0.4, 0.5) is 0 Å². The molecule has 0 bridgehead atoms. The third kappa shape index (κ3) is 5.05. The number of amides is 4. The molecule has 11 nitrogen and oxygen atoms in total. The molecule has 3 aliphatic heterocycles. The lowest BCUT2D eigenvalue weighted by Gasteiger charge is -2.29. The van der Waals surface area contributed by atoms with Crippen molar-refractivity contribution in [2.45, 2.75) is 64.1 Å². The number of nitrogens with one attached hydrogen (secondary N) is 1. The molecule has 11 heteroatoms. The molecule has 1 N–H and O–H groups in total. The van der Waals surface area contributed by atoms with E-state index in [0.717, 1.165) is 30.5 Å². The maximum atomic E-state index is 12.9. The van der Waals surface area contributed by atoms with Gasteiger partial charge in [0.1, 0.15) is 24.4 Å². The van der Waals surface area contributed by atoms with Crippen LogP contribution in [-0.2, 0) is 27.5 Å². The van der Waals surface area contributed by atoms with Crippen molar-refractivity contribution < 1.29 is 28.5 Å². The third-order valence-electron chi connectivity index (χ3n) is 6.95. The van der Waals surface area contributed by atoms with E-state index in [2.05, 4.69) is 15.5 Å². The number of fused-ring (bicyclic) bond motifs is 1. The lowest BCUT2D eigenvalue weighted by Crippen LogP contribution is -2.52. The number of hydrogen-bond acceptors (Lipinski definition) is 7. The van der Waals surface area contributed by atoms with E-state index in [1.165, 1.54) is 4.90 Å². The number of rotatable bonds is 8. The number of benzene rings is 1. The first-order valence-corrected chi connectivity index (χ1v) is 12.4. The Hall–Kier alpha value is -3.89. The summed E-state index contributed by atoms with van der Waals surface area (Å²) in [6.45, 7) is 2.00. The van der Waals surface area contributed by atoms with E-state index in [9.17, 15) is 19.2 Å². The molecule has 1 aromatic carbocycles. The molecule has 1 fully saturated rings. The highest BCUT2D eigenvalue weighted by atomic mass is 16.5. The van der Waals surface area contributed by atoms with Crippen molar-refractivity contribution in [3.63, 3.8) is 0 Å². The van der Waals surface area contributed by atoms with Crippen LogP contribution in [0.5, 0.6) is 5.75 Å². The van der Waals surface area contributed by atoms with Crippen molar-refractivity contribution in [1.82, 2.24) is 25.0 Å². The van der Waals surface area contributed by atoms with Crippen LogP contribution in [0.3, 0.4) is 0 Å². The summed E-state index contributed by atoms with van der Waals surface area (Å²) in [5, 5.41) is 9.88. The molecule has 0 spiro atoms. The summed E-state index contributed by atoms with van der Waals surface area (Å²) in [6.07, 6.45) is 7.79. The van der Waals surface area contributed by atoms with Gasteiger partial charge in [-0.1, -0.05) is 0 Å². The number of nitrogens with zero attached hydrogens (tertiary/aromatic N) is 5. The zero-order valence-electron chi connectivity index (χ0n) is 20.0. The Kier molecular flexibility index (Phi) is 6.88. The van der Waals surface area contributed by atoms with Crippen LogP contribution in [0.25, 0.3) is 0 Å². The molecule has 0 aliphatic carbocycles. The van der Waals surface area contributed by atoms with Crippen LogP contribution in [0, 0.1) is 0 Å². The Bertz CT molecular complexity index is 1220. The predicted molar refractivity (Wildman–Crippen MR) is 126 cm³/mol. The SMILES string of the molecule is O=C1CCC(N2Cc3cc(OCC4=[N+](C(=O)CCCn5cnnc5)CCCC4)ccc3C2=O)C(=O)N1. The first-order valence-electron chi connectivity index (χ1n) is 12.4. The van der Waals surface area contributed by atoms with Gasteiger partial charge in [-0.3, -0.25) is 19.7 Å². The summed E-state index contributed by atoms with van der Waals surface area (Å²) in [5.41, 5.74) is 2.30. The Labute approximate surface area is 208 Å². The summed E-state index contributed by atoms with van der Waals surface area (Å²) in [4.78, 5) is 51.0. The molecule has 5 rings (SSSR count). The van der Waals surface area contributed by atoms with Gasteiger partial charge in [0.25, 0.3) is 5.91 Å². The highest BCUT2D eigenvalue weighted by Gasteiger charge is 2.39. The maximum absolute atomic E-state index is 12.9. The average molecular weight is 494 g/mol. The second-order valence-corrected chi connectivity index (χ2v) is 9.38. The Morgan fingerprint density at radius 2 is 1.97 bits per heavy atom. The maximum Gasteiger partial charge on any atom is 0.387 e. The largest absolute Gasteiger partial charge is 0.483 e. The Morgan fingerprint density at radius 3 is 2.78 bits per heavy atom. The van der Waals surface area contributed by atoms with Crippen LogP contribution < -0.4 is 10.1 Å². The molecule has 2 aromatic rings. The van der Waals surface area contributed by atoms with Gasteiger partial charge in [0.05, 0.1) is 6.42 Å². The summed E-state index contributed by atoms with van der Waals surface area (Å²) in [6, 6.07) is 4.65. The van der Waals surface area contributed by atoms with Gasteiger partial charge in [-0.05, 0) is 43.0 Å². The smallest absolute Gasteiger partial charge is 0.387 e. The van der Waals surface area contributed by atoms with Crippen LogP contribution in [0.2, 0.25) is 0 Å². The molecule has 3 aliphatic rings. The van der Waals surface area contributed by atoms with Crippen LogP contribution >= 0.6 is 0 Å². The normalized spacial score (nSPS) is 19.9. The zero-order valence-corrected chi connectivity index (χ0v) is 20.0. The summed E-state index contributed by atoms with van der Waals surface area (Å²) < 4.78 is 9.78. The van der Waals surface area contributed by atoms with Gasteiger partial charge in [0.15, 0.2) is 18.9 Å². The highest BCUT2D eigenvalue weighted by Crippen LogP contribution is 2.30. The number of carbonyl (C=O) groups excluding carboxylic acids is 4. The molecule has 0 radical (unpaired) electrons. The summed E-state index contributed by atoms with van der Waals surface area (Å²) >= 11 is 0. The molecular formula is C25H29N6O5+. The van der Waals surface area contributed by atoms with Crippen LogP contribution in [-0.4, -0.2) is 72.8 Å². The second kappa shape index (κ2) is 10.4. The van der Waals surface area contributed by atoms with Crippen LogP contribution in [0.15, 0.2) is 30.9 Å². The number of ether oxygens (including phenoxy) is 1. The minimum absolute atomic E-state index is 0.0980. The first-order chi connectivity index (χ1) is 17.5. The van der Waals surface area contributed by atoms with E-state index in [1.54, 1.807) is 24.8 Å². The van der Waals surface area contributed by atoms with Crippen LogP contribution in [0.1, 0.15) is 60.9 Å². The minimum Gasteiger partial charge on any atom is -0.483 e.